The summed E-state index contributed by atoms with van der Waals surface area (Å²) in [5.74, 6) is 0.998. The van der Waals surface area contributed by atoms with Crippen molar-refractivity contribution in [3.05, 3.63) is 41.0 Å². The van der Waals surface area contributed by atoms with Crippen LogP contribution in [0.1, 0.15) is 21.5 Å². The van der Waals surface area contributed by atoms with Gasteiger partial charge < -0.3 is 28.8 Å². The minimum atomic E-state index is -0.653. The zero-order valence-electron chi connectivity index (χ0n) is 15.9. The molecule has 0 aliphatic carbocycles. The van der Waals surface area contributed by atoms with E-state index >= 15 is 0 Å². The van der Waals surface area contributed by atoms with Gasteiger partial charge in [-0.3, -0.25) is 0 Å². The number of esters is 1. The fourth-order valence-electron chi connectivity index (χ4n) is 2.58. The Labute approximate surface area is 157 Å². The predicted molar refractivity (Wildman–Crippen MR) is 101 cm³/mol. The van der Waals surface area contributed by atoms with E-state index in [1.165, 1.54) is 41.6 Å². The number of hydrogen-bond acceptors (Lipinski definition) is 7. The molecule has 0 aliphatic rings. The molecular weight excluding hydrogens is 352 g/mol. The van der Waals surface area contributed by atoms with Gasteiger partial charge in [-0.2, -0.15) is 0 Å². The average Bonchev–Trinajstić information content (AvgIpc) is 2.70. The van der Waals surface area contributed by atoms with Gasteiger partial charge in [0.2, 0.25) is 5.75 Å². The third-order valence-electron chi connectivity index (χ3n) is 3.89. The molecule has 2 aromatic rings. The second kappa shape index (κ2) is 8.84. The topological polar surface area (TPSA) is 83.5 Å². The first-order chi connectivity index (χ1) is 13.0. The van der Waals surface area contributed by atoms with Crippen molar-refractivity contribution >= 4 is 18.1 Å². The highest BCUT2D eigenvalue weighted by Crippen LogP contribution is 2.39. The standard InChI is InChI=1S/C20H22O7/c1-23-14-10-13(18(15(21)11-14)20(22)27-5)7-6-12-8-16(24-2)19(26-4)17(9-12)25-3/h6-11,21H,1-5H3/b7-6+. The fraction of sp³-hybridized carbons (Fsp3) is 0.250. The van der Waals surface area contributed by atoms with E-state index in [-0.39, 0.29) is 11.3 Å². The van der Waals surface area contributed by atoms with Crippen molar-refractivity contribution in [1.29, 1.82) is 0 Å². The summed E-state index contributed by atoms with van der Waals surface area (Å²) in [6.07, 6.45) is 3.40. The molecule has 0 saturated carbocycles. The van der Waals surface area contributed by atoms with Gasteiger partial charge in [0.1, 0.15) is 17.1 Å². The third kappa shape index (κ3) is 4.25. The fourth-order valence-corrected chi connectivity index (χ4v) is 2.58. The maximum Gasteiger partial charge on any atom is 0.342 e. The first kappa shape index (κ1) is 20.0. The molecule has 0 heterocycles. The van der Waals surface area contributed by atoms with Crippen LogP contribution in [0.25, 0.3) is 12.2 Å². The Morgan fingerprint density at radius 1 is 0.852 bits per heavy atom. The van der Waals surface area contributed by atoms with Crippen LogP contribution in [0, 0.1) is 0 Å². The molecule has 0 radical (unpaired) electrons. The molecule has 0 unspecified atom stereocenters. The lowest BCUT2D eigenvalue weighted by molar-refractivity contribution is 0.0597. The normalized spacial score (nSPS) is 10.6. The summed E-state index contributed by atoms with van der Waals surface area (Å²) >= 11 is 0. The molecule has 0 bridgehead atoms. The van der Waals surface area contributed by atoms with Crippen molar-refractivity contribution in [2.45, 2.75) is 0 Å². The molecule has 2 aromatic carbocycles. The van der Waals surface area contributed by atoms with Gasteiger partial charge in [-0.05, 0) is 29.3 Å². The van der Waals surface area contributed by atoms with Gasteiger partial charge >= 0.3 is 5.97 Å². The molecule has 0 saturated heterocycles. The van der Waals surface area contributed by atoms with E-state index in [9.17, 15) is 9.90 Å². The highest BCUT2D eigenvalue weighted by molar-refractivity contribution is 5.98. The minimum absolute atomic E-state index is 0.0435. The summed E-state index contributed by atoms with van der Waals surface area (Å²) < 4.78 is 25.9. The number of phenolic OH excluding ortho intramolecular Hbond substituents is 1. The van der Waals surface area contributed by atoms with Crippen LogP contribution in [0.5, 0.6) is 28.7 Å². The van der Waals surface area contributed by atoms with Gasteiger partial charge in [-0.15, -0.1) is 0 Å². The summed E-state index contributed by atoms with van der Waals surface area (Å²) in [5.41, 5.74) is 1.22. The van der Waals surface area contributed by atoms with Crippen LogP contribution in [0.15, 0.2) is 24.3 Å². The molecule has 2 rings (SSSR count). The summed E-state index contributed by atoms with van der Waals surface area (Å²) in [4.78, 5) is 12.0. The summed E-state index contributed by atoms with van der Waals surface area (Å²) in [6.45, 7) is 0. The smallest absolute Gasteiger partial charge is 0.342 e. The average molecular weight is 374 g/mol. The van der Waals surface area contributed by atoms with E-state index in [4.69, 9.17) is 23.7 Å². The lowest BCUT2D eigenvalue weighted by Crippen LogP contribution is -2.04. The zero-order chi connectivity index (χ0) is 20.0. The highest BCUT2D eigenvalue weighted by Gasteiger charge is 2.18. The van der Waals surface area contributed by atoms with Crippen LogP contribution in [0.2, 0.25) is 0 Å². The number of carbonyl (C=O) groups is 1. The molecule has 0 amide bonds. The van der Waals surface area contributed by atoms with E-state index in [1.807, 2.05) is 0 Å². The van der Waals surface area contributed by atoms with Crippen LogP contribution < -0.4 is 18.9 Å². The number of carbonyl (C=O) groups excluding carboxylic acids is 1. The first-order valence-electron chi connectivity index (χ1n) is 7.96. The second-order valence-electron chi connectivity index (χ2n) is 5.39. The highest BCUT2D eigenvalue weighted by atomic mass is 16.5. The number of hydrogen-bond donors (Lipinski definition) is 1. The molecule has 7 nitrogen and oxygen atoms in total. The van der Waals surface area contributed by atoms with Crippen LogP contribution in [0.3, 0.4) is 0 Å². The summed E-state index contributed by atoms with van der Waals surface area (Å²) in [7, 11) is 7.30. The molecule has 0 atom stereocenters. The van der Waals surface area contributed by atoms with Crippen molar-refractivity contribution in [3.8, 4) is 28.7 Å². The number of aromatic hydroxyl groups is 1. The number of methoxy groups -OCH3 is 5. The van der Waals surface area contributed by atoms with Crippen LogP contribution in [0.4, 0.5) is 0 Å². The van der Waals surface area contributed by atoms with Gasteiger partial charge in [0.15, 0.2) is 11.5 Å². The van der Waals surface area contributed by atoms with E-state index in [0.717, 1.165) is 5.56 Å². The number of rotatable bonds is 7. The molecule has 0 aromatic heterocycles. The maximum absolute atomic E-state index is 12.0. The Kier molecular flexibility index (Phi) is 6.54. The van der Waals surface area contributed by atoms with Crippen molar-refractivity contribution in [1.82, 2.24) is 0 Å². The Bertz CT molecular complexity index is 831. The van der Waals surface area contributed by atoms with Crippen LogP contribution >= 0.6 is 0 Å². The first-order valence-corrected chi connectivity index (χ1v) is 7.96. The van der Waals surface area contributed by atoms with Gasteiger partial charge in [0.25, 0.3) is 0 Å². The molecule has 0 fully saturated rings. The Hall–Kier alpha value is -3.35. The number of phenols is 1. The second-order valence-corrected chi connectivity index (χ2v) is 5.39. The van der Waals surface area contributed by atoms with Gasteiger partial charge in [-0.1, -0.05) is 12.2 Å². The monoisotopic (exact) mass is 374 g/mol. The molecule has 27 heavy (non-hydrogen) atoms. The molecular formula is C20H22O7. The van der Waals surface area contributed by atoms with Crippen LogP contribution in [-0.4, -0.2) is 46.6 Å². The molecule has 0 aliphatic heterocycles. The van der Waals surface area contributed by atoms with Crippen molar-refractivity contribution in [2.24, 2.45) is 0 Å². The summed E-state index contributed by atoms with van der Waals surface area (Å²) in [6, 6.07) is 6.49. The quantitative estimate of drug-likeness (QED) is 0.587. The Morgan fingerprint density at radius 2 is 1.48 bits per heavy atom. The van der Waals surface area contributed by atoms with Crippen molar-refractivity contribution in [3.63, 3.8) is 0 Å². The molecule has 1 N–H and O–H groups in total. The lowest BCUT2D eigenvalue weighted by Gasteiger charge is -2.13. The van der Waals surface area contributed by atoms with E-state index in [1.54, 1.807) is 30.4 Å². The van der Waals surface area contributed by atoms with Gasteiger partial charge in [0, 0.05) is 6.07 Å². The van der Waals surface area contributed by atoms with Gasteiger partial charge in [-0.25, -0.2) is 4.79 Å². The Morgan fingerprint density at radius 3 is 1.96 bits per heavy atom. The largest absolute Gasteiger partial charge is 0.507 e. The molecule has 0 spiro atoms. The summed E-state index contributed by atoms with van der Waals surface area (Å²) in [5, 5.41) is 10.2. The van der Waals surface area contributed by atoms with Crippen LogP contribution in [-0.2, 0) is 4.74 Å². The lowest BCUT2D eigenvalue weighted by atomic mass is 10.0. The molecule has 7 heteroatoms. The Balaban J connectivity index is 2.54. The molecule has 144 valence electrons. The van der Waals surface area contributed by atoms with E-state index in [0.29, 0.717) is 28.6 Å². The minimum Gasteiger partial charge on any atom is -0.507 e. The van der Waals surface area contributed by atoms with Crippen molar-refractivity contribution in [2.75, 3.05) is 35.5 Å². The van der Waals surface area contributed by atoms with Gasteiger partial charge in [0.05, 0.1) is 35.5 Å². The van der Waals surface area contributed by atoms with E-state index < -0.39 is 5.97 Å². The number of benzene rings is 2. The predicted octanol–water partition coefficient (Wildman–Crippen LogP) is 3.38. The van der Waals surface area contributed by atoms with Crippen molar-refractivity contribution < 1.29 is 33.6 Å². The maximum atomic E-state index is 12.0. The number of ether oxygens (including phenoxy) is 5. The van der Waals surface area contributed by atoms with E-state index in [2.05, 4.69) is 0 Å². The third-order valence-corrected chi connectivity index (χ3v) is 3.89. The SMILES string of the molecule is COC(=O)c1c(O)cc(OC)cc1/C=C/c1cc(OC)c(OC)c(OC)c1. The zero-order valence-corrected chi connectivity index (χ0v) is 15.9.